The molecule has 4 radical (unpaired) electrons. The zero-order valence-corrected chi connectivity index (χ0v) is 8.77. The molecule has 3 aromatic rings. The monoisotopic (exact) mass is 202 g/mol. The fourth-order valence-corrected chi connectivity index (χ4v) is 2.21. The summed E-state index contributed by atoms with van der Waals surface area (Å²) in [6.45, 7) is 12.1. The molecule has 0 aliphatic heterocycles. The van der Waals surface area contributed by atoms with E-state index in [2.05, 4.69) is 12.1 Å². The molecule has 0 amide bonds. The minimum absolute atomic E-state index is 0.779. The van der Waals surface area contributed by atoms with Gasteiger partial charge in [0, 0.05) is 0 Å². The lowest BCUT2D eigenvalue weighted by Gasteiger charge is -2.09. The maximum Gasteiger partial charge on any atom is -0.000521 e. The molecule has 0 nitrogen and oxygen atoms in total. The van der Waals surface area contributed by atoms with Crippen LogP contribution in [0.15, 0.2) is 48.5 Å². The smallest absolute Gasteiger partial charge is 0.000521 e. The summed E-state index contributed by atoms with van der Waals surface area (Å²) in [6, 6.07) is 16.0. The summed E-state index contributed by atoms with van der Waals surface area (Å²) in [6.07, 6.45) is 0. The summed E-state index contributed by atoms with van der Waals surface area (Å²) < 4.78 is 0. The number of benzene rings is 3. The predicted molar refractivity (Wildman–Crippen MR) is 68.3 cm³/mol. The van der Waals surface area contributed by atoms with Gasteiger partial charge < -0.3 is 0 Å². The molecule has 0 aromatic heterocycles. The molecule has 0 unspecified atom stereocenters. The number of fused-ring (bicyclic) bond motifs is 3. The maximum atomic E-state index is 6.04. The van der Waals surface area contributed by atoms with Crippen molar-refractivity contribution in [3.05, 3.63) is 73.5 Å². The van der Waals surface area contributed by atoms with Crippen LogP contribution in [0.3, 0.4) is 0 Å². The van der Waals surface area contributed by atoms with Crippen LogP contribution < -0.4 is 0 Å². The van der Waals surface area contributed by atoms with E-state index in [0.717, 1.165) is 32.7 Å². The van der Waals surface area contributed by atoms with Crippen LogP contribution in [0, 0.1) is 13.8 Å². The minimum atomic E-state index is 0.779. The van der Waals surface area contributed by atoms with Crippen LogP contribution in [0.1, 0.15) is 11.1 Å². The second-order valence-corrected chi connectivity index (χ2v) is 3.96. The van der Waals surface area contributed by atoms with Gasteiger partial charge >= 0.3 is 0 Å². The molecule has 0 N–H and O–H groups in total. The van der Waals surface area contributed by atoms with Gasteiger partial charge in [-0.05, 0) is 46.5 Å². The second kappa shape index (κ2) is 3.34. The van der Waals surface area contributed by atoms with Crippen LogP contribution in [-0.4, -0.2) is 0 Å². The summed E-state index contributed by atoms with van der Waals surface area (Å²) in [4.78, 5) is 0. The van der Waals surface area contributed by atoms with Crippen LogP contribution in [0.2, 0.25) is 0 Å². The van der Waals surface area contributed by atoms with Crippen LogP contribution >= 0.6 is 0 Å². The highest BCUT2D eigenvalue weighted by molar-refractivity contribution is 6.11. The first kappa shape index (κ1) is 9.41. The van der Waals surface area contributed by atoms with E-state index in [4.69, 9.17) is 13.8 Å². The lowest BCUT2D eigenvalue weighted by atomic mass is 9.95. The van der Waals surface area contributed by atoms with E-state index in [1.54, 1.807) is 0 Å². The first-order valence-electron chi connectivity index (χ1n) is 5.23. The molecule has 0 spiro atoms. The first-order valence-corrected chi connectivity index (χ1v) is 5.23. The Hall–Kier alpha value is -1.82. The standard InChI is InChI=1S/C16H10/c1-11-6-5-9-14-12(2)10-13-7-3-4-8-15(13)16(11)14/h1-10H. The van der Waals surface area contributed by atoms with E-state index in [0.29, 0.717) is 0 Å². The van der Waals surface area contributed by atoms with Crippen molar-refractivity contribution < 1.29 is 0 Å². The van der Waals surface area contributed by atoms with Gasteiger partial charge in [0.05, 0.1) is 0 Å². The summed E-state index contributed by atoms with van der Waals surface area (Å²) in [5.41, 5.74) is 1.56. The third-order valence-electron chi connectivity index (χ3n) is 2.95. The summed E-state index contributed by atoms with van der Waals surface area (Å²) in [5.74, 6) is 0. The van der Waals surface area contributed by atoms with Crippen molar-refractivity contribution >= 4 is 21.5 Å². The molecule has 0 heterocycles. The van der Waals surface area contributed by atoms with E-state index < -0.39 is 0 Å². The number of hydrogen-bond acceptors (Lipinski definition) is 0. The first-order chi connectivity index (χ1) is 7.77. The molecular formula is C16H10. The van der Waals surface area contributed by atoms with Gasteiger partial charge in [0.15, 0.2) is 0 Å². The van der Waals surface area contributed by atoms with Crippen LogP contribution in [-0.2, 0) is 0 Å². The van der Waals surface area contributed by atoms with Crippen molar-refractivity contribution in [2.24, 2.45) is 0 Å². The summed E-state index contributed by atoms with van der Waals surface area (Å²) >= 11 is 0. The molecule has 0 bridgehead atoms. The van der Waals surface area contributed by atoms with Crippen LogP contribution in [0.5, 0.6) is 0 Å². The average molecular weight is 202 g/mol. The van der Waals surface area contributed by atoms with E-state index in [1.807, 2.05) is 36.4 Å². The van der Waals surface area contributed by atoms with Crippen molar-refractivity contribution in [3.8, 4) is 0 Å². The fraction of sp³-hybridized carbons (Fsp3) is 0. The SMILES string of the molecule is [CH]c1cc2ccccc2c2c([CH])cccc12. The molecule has 0 saturated heterocycles. The third kappa shape index (κ3) is 1.23. The largest absolute Gasteiger partial charge is 0.0616 e. The molecule has 0 atom stereocenters. The van der Waals surface area contributed by atoms with Crippen molar-refractivity contribution in [2.75, 3.05) is 0 Å². The highest BCUT2D eigenvalue weighted by Crippen LogP contribution is 2.30. The molecular weight excluding hydrogens is 192 g/mol. The topological polar surface area (TPSA) is 0 Å². The highest BCUT2D eigenvalue weighted by atomic mass is 14.1. The van der Waals surface area contributed by atoms with Gasteiger partial charge in [-0.15, -0.1) is 0 Å². The van der Waals surface area contributed by atoms with Crippen LogP contribution in [0.25, 0.3) is 21.5 Å². The molecule has 74 valence electrons. The zero-order valence-electron chi connectivity index (χ0n) is 8.77. The zero-order chi connectivity index (χ0) is 11.1. The highest BCUT2D eigenvalue weighted by Gasteiger charge is 2.05. The number of rotatable bonds is 0. The second-order valence-electron chi connectivity index (χ2n) is 3.96. The molecule has 0 saturated carbocycles. The molecule has 0 fully saturated rings. The van der Waals surface area contributed by atoms with Gasteiger partial charge in [0.1, 0.15) is 0 Å². The van der Waals surface area contributed by atoms with E-state index in [9.17, 15) is 0 Å². The quantitative estimate of drug-likeness (QED) is 0.481. The molecule has 3 aromatic carbocycles. The fourth-order valence-electron chi connectivity index (χ4n) is 2.21. The number of hydrogen-bond donors (Lipinski definition) is 0. The Morgan fingerprint density at radius 1 is 0.688 bits per heavy atom. The van der Waals surface area contributed by atoms with Gasteiger partial charge in [-0.2, -0.15) is 0 Å². The molecule has 16 heavy (non-hydrogen) atoms. The normalized spacial score (nSPS) is 11.1. The van der Waals surface area contributed by atoms with Gasteiger partial charge in [0.2, 0.25) is 0 Å². The average Bonchev–Trinajstić information content (AvgIpc) is 2.30. The van der Waals surface area contributed by atoms with Gasteiger partial charge in [-0.3, -0.25) is 0 Å². The van der Waals surface area contributed by atoms with E-state index >= 15 is 0 Å². The predicted octanol–water partition coefficient (Wildman–Crippen LogP) is 4.11. The summed E-state index contributed by atoms with van der Waals surface area (Å²) in [7, 11) is 0. The van der Waals surface area contributed by atoms with Gasteiger partial charge in [-0.25, -0.2) is 0 Å². The van der Waals surface area contributed by atoms with Crippen molar-refractivity contribution in [3.63, 3.8) is 0 Å². The van der Waals surface area contributed by atoms with E-state index in [1.165, 1.54) is 0 Å². The Labute approximate surface area is 95.5 Å². The van der Waals surface area contributed by atoms with Crippen molar-refractivity contribution in [1.29, 1.82) is 0 Å². The Bertz CT molecular complexity index is 678. The van der Waals surface area contributed by atoms with Crippen LogP contribution in [0.4, 0.5) is 0 Å². The Morgan fingerprint density at radius 2 is 1.44 bits per heavy atom. The van der Waals surface area contributed by atoms with Gasteiger partial charge in [-0.1, -0.05) is 48.5 Å². The lowest BCUT2D eigenvalue weighted by Crippen LogP contribution is -1.85. The van der Waals surface area contributed by atoms with E-state index in [-0.39, 0.29) is 0 Å². The third-order valence-corrected chi connectivity index (χ3v) is 2.95. The minimum Gasteiger partial charge on any atom is -0.0616 e. The van der Waals surface area contributed by atoms with Crippen molar-refractivity contribution in [2.45, 2.75) is 0 Å². The Balaban J connectivity index is 2.67. The molecule has 0 aliphatic rings. The Morgan fingerprint density at radius 3 is 2.31 bits per heavy atom. The maximum absolute atomic E-state index is 6.04. The lowest BCUT2D eigenvalue weighted by molar-refractivity contribution is 1.66. The molecule has 0 aliphatic carbocycles. The Kier molecular flexibility index (Phi) is 1.97. The van der Waals surface area contributed by atoms with Gasteiger partial charge in [0.25, 0.3) is 0 Å². The molecule has 0 heteroatoms. The van der Waals surface area contributed by atoms with Crippen molar-refractivity contribution in [1.82, 2.24) is 0 Å². The molecule has 3 rings (SSSR count). The summed E-state index contributed by atoms with van der Waals surface area (Å²) in [5, 5.41) is 4.37.